The Labute approximate surface area is 249 Å². The van der Waals surface area contributed by atoms with Gasteiger partial charge in [0.15, 0.2) is 0 Å². The monoisotopic (exact) mass is 619 g/mol. The van der Waals surface area contributed by atoms with Crippen molar-refractivity contribution in [1.82, 2.24) is 25.2 Å². The molecular weight excluding hydrogens is 582 g/mol. The lowest BCUT2D eigenvalue weighted by atomic mass is 9.83. The van der Waals surface area contributed by atoms with Gasteiger partial charge >= 0.3 is 6.09 Å². The minimum absolute atomic E-state index is 0.0707. The number of carbonyl (C=O) groups excluding carboxylic acids is 2. The zero-order valence-electron chi connectivity index (χ0n) is 24.0. The molecule has 0 bridgehead atoms. The first-order chi connectivity index (χ1) is 19.8. The van der Waals surface area contributed by atoms with Crippen molar-refractivity contribution in [2.45, 2.75) is 77.3 Å². The number of benzene rings is 1. The van der Waals surface area contributed by atoms with E-state index in [0.717, 1.165) is 58.5 Å². The van der Waals surface area contributed by atoms with Crippen LogP contribution in [-0.4, -0.2) is 51.5 Å². The zero-order valence-corrected chi connectivity index (χ0v) is 25.6. The molecule has 3 heterocycles. The highest BCUT2D eigenvalue weighted by atomic mass is 79.9. The summed E-state index contributed by atoms with van der Waals surface area (Å²) in [6, 6.07) is 7.74. The van der Waals surface area contributed by atoms with Crippen molar-refractivity contribution in [3.05, 3.63) is 58.1 Å². The smallest absolute Gasteiger partial charge is 0.407 e. The zero-order chi connectivity index (χ0) is 28.7. The number of methoxy groups -OCH3 is 1. The fourth-order valence-electron chi connectivity index (χ4n) is 7.14. The van der Waals surface area contributed by atoms with Gasteiger partial charge in [0.1, 0.15) is 11.9 Å². The minimum atomic E-state index is -0.651. The molecule has 2 aromatic heterocycles. The lowest BCUT2D eigenvalue weighted by Crippen LogP contribution is -2.51. The van der Waals surface area contributed by atoms with Crippen LogP contribution in [-0.2, 0) is 22.4 Å². The average Bonchev–Trinajstić information content (AvgIpc) is 3.78. The number of imidazole rings is 1. The molecule has 3 aliphatic rings. The molecule has 2 N–H and O–H groups in total. The number of likely N-dealkylation sites (tertiary alicyclic amines) is 1. The van der Waals surface area contributed by atoms with E-state index in [2.05, 4.69) is 55.5 Å². The maximum absolute atomic E-state index is 13.5. The first kappa shape index (κ1) is 27.9. The quantitative estimate of drug-likeness (QED) is 0.323. The Kier molecular flexibility index (Phi) is 7.66. The van der Waals surface area contributed by atoms with Crippen molar-refractivity contribution < 1.29 is 14.3 Å². The number of aromatic nitrogens is 3. The number of nitrogens with zero attached hydrogens (tertiary/aromatic N) is 3. The summed E-state index contributed by atoms with van der Waals surface area (Å²) in [6.07, 6.45) is 12.5. The van der Waals surface area contributed by atoms with Crippen LogP contribution in [0.3, 0.4) is 0 Å². The van der Waals surface area contributed by atoms with Crippen molar-refractivity contribution in [2.75, 3.05) is 13.7 Å². The largest absolute Gasteiger partial charge is 0.453 e. The van der Waals surface area contributed by atoms with E-state index in [0.29, 0.717) is 12.0 Å². The maximum Gasteiger partial charge on any atom is 0.407 e. The highest BCUT2D eigenvalue weighted by Gasteiger charge is 2.42. The number of alkyl carbamates (subject to hydrolysis) is 1. The maximum atomic E-state index is 13.5. The summed E-state index contributed by atoms with van der Waals surface area (Å²) in [5.74, 6) is 0.590. The van der Waals surface area contributed by atoms with Crippen molar-refractivity contribution >= 4 is 27.9 Å². The second-order valence-corrected chi connectivity index (χ2v) is 13.1. The molecule has 3 aromatic rings. The number of hydrogen-bond acceptors (Lipinski definition) is 5. The molecule has 2 amide bonds. The highest BCUT2D eigenvalue weighted by Crippen LogP contribution is 2.52. The third kappa shape index (κ3) is 5.29. The molecule has 1 spiro atoms. The van der Waals surface area contributed by atoms with Crippen molar-refractivity contribution in [3.63, 3.8) is 0 Å². The fraction of sp³-hybridized carbons (Fsp3) is 0.500. The van der Waals surface area contributed by atoms with Crippen LogP contribution in [0.4, 0.5) is 4.79 Å². The second kappa shape index (κ2) is 11.2. The van der Waals surface area contributed by atoms with E-state index in [-0.39, 0.29) is 17.9 Å². The summed E-state index contributed by atoms with van der Waals surface area (Å²) in [7, 11) is 1.31. The standard InChI is InChI=1S/C32H38BrN5O3/c1-19(2)27(37-31(40)41-3)30(39)38-14-6-7-26(38)29-35-18-25(36-29)20-8-10-21(11-9-20)28-23-16-32(12-4-5-13-32)15-22(23)24(33)17-34-28/h8-11,17-19,26-27H,4-7,12-16H2,1-3H3,(H,35,36)(H,37,40)/t26-,27-/m0/s1. The van der Waals surface area contributed by atoms with Gasteiger partial charge in [0.2, 0.25) is 5.91 Å². The summed E-state index contributed by atoms with van der Waals surface area (Å²) in [5, 5.41) is 2.71. The number of amides is 2. The molecule has 2 fully saturated rings. The lowest BCUT2D eigenvalue weighted by Gasteiger charge is -2.30. The number of rotatable bonds is 6. The third-order valence-electron chi connectivity index (χ3n) is 9.32. The van der Waals surface area contributed by atoms with Gasteiger partial charge in [0, 0.05) is 22.8 Å². The average molecular weight is 621 g/mol. The van der Waals surface area contributed by atoms with Crippen LogP contribution in [0.5, 0.6) is 0 Å². The normalized spacial score (nSPS) is 20.0. The molecule has 6 rings (SSSR count). The SMILES string of the molecule is COC(=O)N[C@H](C(=O)N1CCC[C@H]1c1ncc(-c2ccc(-c3ncc(Br)c4c3CC3(CCCC3)C4)cc2)[nH]1)C(C)C. The van der Waals surface area contributed by atoms with E-state index in [1.807, 2.05) is 31.1 Å². The summed E-state index contributed by atoms with van der Waals surface area (Å²) in [4.78, 5) is 40.2. The molecule has 1 saturated heterocycles. The second-order valence-electron chi connectivity index (χ2n) is 12.3. The molecular formula is C32H38BrN5O3. The Morgan fingerprint density at radius 2 is 1.76 bits per heavy atom. The molecule has 0 unspecified atom stereocenters. The summed E-state index contributed by atoms with van der Waals surface area (Å²) in [6.45, 7) is 4.47. The molecule has 0 radical (unpaired) electrons. The summed E-state index contributed by atoms with van der Waals surface area (Å²) >= 11 is 3.78. The fourth-order valence-corrected chi connectivity index (χ4v) is 7.62. The van der Waals surface area contributed by atoms with Crippen LogP contribution in [0.25, 0.3) is 22.5 Å². The topological polar surface area (TPSA) is 100 Å². The molecule has 8 nitrogen and oxygen atoms in total. The summed E-state index contributed by atoms with van der Waals surface area (Å²) < 4.78 is 5.89. The Bertz CT molecular complexity index is 1440. The first-order valence-electron chi connectivity index (χ1n) is 14.8. The van der Waals surface area contributed by atoms with Gasteiger partial charge in [0.25, 0.3) is 0 Å². The van der Waals surface area contributed by atoms with Gasteiger partial charge in [-0.1, -0.05) is 51.0 Å². The number of pyridine rings is 1. The lowest BCUT2D eigenvalue weighted by molar-refractivity contribution is -0.135. The number of aromatic amines is 1. The molecule has 1 aromatic carbocycles. The van der Waals surface area contributed by atoms with E-state index in [1.165, 1.54) is 43.9 Å². The van der Waals surface area contributed by atoms with E-state index in [4.69, 9.17) is 9.72 Å². The van der Waals surface area contributed by atoms with Gasteiger partial charge < -0.3 is 19.9 Å². The number of carbonyl (C=O) groups is 2. The van der Waals surface area contributed by atoms with E-state index in [9.17, 15) is 9.59 Å². The molecule has 2 aliphatic carbocycles. The van der Waals surface area contributed by atoms with Gasteiger partial charge in [0.05, 0.1) is 30.7 Å². The predicted molar refractivity (Wildman–Crippen MR) is 161 cm³/mol. The van der Waals surface area contributed by atoms with Gasteiger partial charge in [-0.15, -0.1) is 0 Å². The number of H-pyrrole nitrogens is 1. The number of hydrogen-bond donors (Lipinski definition) is 2. The van der Waals surface area contributed by atoms with E-state index >= 15 is 0 Å². The van der Waals surface area contributed by atoms with Gasteiger partial charge in [-0.25, -0.2) is 9.78 Å². The molecule has 41 heavy (non-hydrogen) atoms. The molecule has 1 aliphatic heterocycles. The third-order valence-corrected chi connectivity index (χ3v) is 10.0. The molecule has 9 heteroatoms. The molecule has 1 saturated carbocycles. The van der Waals surface area contributed by atoms with Gasteiger partial charge in [-0.3, -0.25) is 9.78 Å². The van der Waals surface area contributed by atoms with Crippen LogP contribution in [0.2, 0.25) is 0 Å². The number of nitrogens with one attached hydrogen (secondary N) is 2. The van der Waals surface area contributed by atoms with Crippen LogP contribution in [0.1, 0.15) is 75.4 Å². The Morgan fingerprint density at radius 1 is 1.05 bits per heavy atom. The minimum Gasteiger partial charge on any atom is -0.453 e. The van der Waals surface area contributed by atoms with Crippen molar-refractivity contribution in [1.29, 1.82) is 0 Å². The molecule has 2 atom stereocenters. The van der Waals surface area contributed by atoms with E-state index in [1.54, 1.807) is 0 Å². The van der Waals surface area contributed by atoms with Crippen LogP contribution >= 0.6 is 15.9 Å². The predicted octanol–water partition coefficient (Wildman–Crippen LogP) is 6.60. The van der Waals surface area contributed by atoms with Crippen molar-refractivity contribution in [2.24, 2.45) is 11.3 Å². The van der Waals surface area contributed by atoms with Gasteiger partial charge in [-0.2, -0.15) is 0 Å². The van der Waals surface area contributed by atoms with Crippen LogP contribution in [0.15, 0.2) is 41.1 Å². The molecule has 216 valence electrons. The first-order valence-corrected chi connectivity index (χ1v) is 15.5. The number of ether oxygens (including phenoxy) is 1. The summed E-state index contributed by atoms with van der Waals surface area (Å²) in [5.41, 5.74) is 7.47. The van der Waals surface area contributed by atoms with Crippen molar-refractivity contribution in [3.8, 4) is 22.5 Å². The Hall–Kier alpha value is -3.20. The number of halogens is 1. The van der Waals surface area contributed by atoms with Crippen LogP contribution < -0.4 is 5.32 Å². The Morgan fingerprint density at radius 3 is 2.46 bits per heavy atom. The number of fused-ring (bicyclic) bond motifs is 1. The van der Waals surface area contributed by atoms with Gasteiger partial charge in [-0.05, 0) is 82.5 Å². The highest BCUT2D eigenvalue weighted by molar-refractivity contribution is 9.10. The Balaban J connectivity index is 1.20. The van der Waals surface area contributed by atoms with Crippen LogP contribution in [0, 0.1) is 11.3 Å². The van der Waals surface area contributed by atoms with E-state index < -0.39 is 12.1 Å².